The van der Waals surface area contributed by atoms with Gasteiger partial charge in [-0.15, -0.1) is 0 Å². The Bertz CT molecular complexity index is 1390. The number of benzene rings is 2. The van der Waals surface area contributed by atoms with Crippen molar-refractivity contribution in [2.45, 2.75) is 51.5 Å². The van der Waals surface area contributed by atoms with Crippen LogP contribution in [-0.4, -0.2) is 37.7 Å². The molecule has 4 rings (SSSR count). The fourth-order valence-electron chi connectivity index (χ4n) is 4.08. The first kappa shape index (κ1) is 26.8. The number of carbonyl (C=O) groups is 2. The van der Waals surface area contributed by atoms with Crippen LogP contribution in [0.25, 0.3) is 16.9 Å². The number of nitrogens with one attached hydrogen (secondary N) is 1. The summed E-state index contributed by atoms with van der Waals surface area (Å²) in [7, 11) is 0. The van der Waals surface area contributed by atoms with E-state index in [4.69, 9.17) is 10.8 Å². The molecule has 0 saturated carbocycles. The lowest BCUT2D eigenvalue weighted by Gasteiger charge is -2.19. The van der Waals surface area contributed by atoms with Gasteiger partial charge < -0.3 is 10.8 Å². The molecule has 0 spiro atoms. The molecule has 2 heterocycles. The molecule has 2 aromatic carbocycles. The van der Waals surface area contributed by atoms with Crippen molar-refractivity contribution < 1.29 is 14.7 Å². The van der Waals surface area contributed by atoms with Crippen molar-refractivity contribution in [3.63, 3.8) is 0 Å². The fraction of sp³-hybridized carbons (Fsp3) is 0.267. The molecular formula is C30H33N5O3. The molecule has 196 valence electrons. The van der Waals surface area contributed by atoms with Crippen molar-refractivity contribution in [2.24, 2.45) is 5.73 Å². The monoisotopic (exact) mass is 511 g/mol. The summed E-state index contributed by atoms with van der Waals surface area (Å²) >= 11 is 0. The molecule has 2 aromatic heterocycles. The van der Waals surface area contributed by atoms with Crippen LogP contribution < -0.4 is 11.1 Å². The Labute approximate surface area is 222 Å². The largest absolute Gasteiger partial charge is 0.508 e. The quantitative estimate of drug-likeness (QED) is 0.328. The maximum Gasteiger partial charge on any atom is 0.243 e. The Balaban J connectivity index is 1.44. The minimum atomic E-state index is -0.879. The Kier molecular flexibility index (Phi) is 8.02. The van der Waals surface area contributed by atoms with Crippen LogP contribution in [0.3, 0.4) is 0 Å². The number of aromatic hydroxyl groups is 1. The van der Waals surface area contributed by atoms with Crippen LogP contribution >= 0.6 is 0 Å². The van der Waals surface area contributed by atoms with Crippen molar-refractivity contribution in [3.05, 3.63) is 95.9 Å². The summed E-state index contributed by atoms with van der Waals surface area (Å²) in [4.78, 5) is 29.2. The summed E-state index contributed by atoms with van der Waals surface area (Å²) in [5, 5.41) is 16.6. The highest BCUT2D eigenvalue weighted by atomic mass is 16.3. The van der Waals surface area contributed by atoms with Crippen LogP contribution in [0.2, 0.25) is 0 Å². The van der Waals surface area contributed by atoms with Crippen LogP contribution in [0, 0.1) is 0 Å². The van der Waals surface area contributed by atoms with Gasteiger partial charge in [-0.3, -0.25) is 19.9 Å². The molecule has 1 unspecified atom stereocenters. The van der Waals surface area contributed by atoms with Crippen molar-refractivity contribution in [1.82, 2.24) is 20.1 Å². The van der Waals surface area contributed by atoms with Gasteiger partial charge in [0.1, 0.15) is 5.75 Å². The number of hydrogen-bond acceptors (Lipinski definition) is 6. The number of pyridine rings is 1. The number of imide groups is 1. The Morgan fingerprint density at radius 1 is 1.05 bits per heavy atom. The number of phenolic OH excluding ortho intramolecular Hbond substituents is 1. The normalized spacial score (nSPS) is 12.2. The molecule has 0 aliphatic rings. The molecule has 8 heteroatoms. The number of aromatic nitrogens is 3. The first-order valence-electron chi connectivity index (χ1n) is 12.6. The molecular weight excluding hydrogens is 478 g/mol. The molecule has 0 fully saturated rings. The zero-order valence-electron chi connectivity index (χ0n) is 21.9. The van der Waals surface area contributed by atoms with E-state index in [1.54, 1.807) is 24.5 Å². The molecule has 0 saturated heterocycles. The summed E-state index contributed by atoms with van der Waals surface area (Å²) < 4.78 is 1.86. The number of rotatable bonds is 8. The van der Waals surface area contributed by atoms with Crippen molar-refractivity contribution in [3.8, 4) is 22.7 Å². The summed E-state index contributed by atoms with van der Waals surface area (Å²) in [6.07, 6.45) is 4.20. The van der Waals surface area contributed by atoms with Crippen molar-refractivity contribution in [1.29, 1.82) is 0 Å². The summed E-state index contributed by atoms with van der Waals surface area (Å²) in [5.41, 5.74) is 11.4. The number of nitrogens with zero attached hydrogens (tertiary/aromatic N) is 3. The number of carbonyl (C=O) groups excluding carboxylic acids is 2. The highest BCUT2D eigenvalue weighted by Gasteiger charge is 2.19. The summed E-state index contributed by atoms with van der Waals surface area (Å²) in [5.74, 6) is -0.815. The lowest BCUT2D eigenvalue weighted by Crippen LogP contribution is -2.44. The average molecular weight is 512 g/mol. The van der Waals surface area contributed by atoms with E-state index in [0.717, 1.165) is 28.2 Å². The van der Waals surface area contributed by atoms with Gasteiger partial charge in [-0.05, 0) is 65.4 Å². The summed E-state index contributed by atoms with van der Waals surface area (Å²) in [6.45, 7) is 6.52. The highest BCUT2D eigenvalue weighted by Crippen LogP contribution is 2.27. The molecule has 0 aliphatic heterocycles. The first-order valence-corrected chi connectivity index (χ1v) is 12.6. The van der Waals surface area contributed by atoms with Crippen LogP contribution in [-0.2, 0) is 27.8 Å². The second kappa shape index (κ2) is 11.4. The molecule has 0 aliphatic carbocycles. The molecule has 0 radical (unpaired) electrons. The maximum atomic E-state index is 12.5. The topological polar surface area (TPSA) is 123 Å². The van der Waals surface area contributed by atoms with Gasteiger partial charge in [-0.2, -0.15) is 5.10 Å². The van der Waals surface area contributed by atoms with E-state index in [1.165, 1.54) is 17.7 Å². The van der Waals surface area contributed by atoms with Gasteiger partial charge in [0.2, 0.25) is 11.8 Å². The zero-order chi connectivity index (χ0) is 27.3. The Hall–Kier alpha value is -4.30. The van der Waals surface area contributed by atoms with Crippen LogP contribution in [0.5, 0.6) is 5.75 Å². The smallest absolute Gasteiger partial charge is 0.243 e. The number of amides is 2. The first-order chi connectivity index (χ1) is 18.1. The predicted molar refractivity (Wildman–Crippen MR) is 147 cm³/mol. The van der Waals surface area contributed by atoms with Gasteiger partial charge in [0.05, 0.1) is 23.1 Å². The average Bonchev–Trinajstić information content (AvgIpc) is 3.33. The second-order valence-electron chi connectivity index (χ2n) is 10.4. The highest BCUT2D eigenvalue weighted by molar-refractivity contribution is 5.97. The molecule has 1 atom stereocenters. The molecule has 38 heavy (non-hydrogen) atoms. The van der Waals surface area contributed by atoms with Gasteiger partial charge in [-0.1, -0.05) is 45.0 Å². The van der Waals surface area contributed by atoms with Gasteiger partial charge in [0, 0.05) is 30.8 Å². The van der Waals surface area contributed by atoms with E-state index in [2.05, 4.69) is 43.2 Å². The third-order valence-corrected chi connectivity index (χ3v) is 6.29. The van der Waals surface area contributed by atoms with Crippen LogP contribution in [0.15, 0.2) is 79.1 Å². The minimum Gasteiger partial charge on any atom is -0.508 e. The number of nitrogens with two attached hydrogens (primary N) is 1. The third kappa shape index (κ3) is 6.72. The van der Waals surface area contributed by atoms with E-state index in [-0.39, 0.29) is 24.0 Å². The van der Waals surface area contributed by atoms with Gasteiger partial charge >= 0.3 is 0 Å². The van der Waals surface area contributed by atoms with E-state index < -0.39 is 17.9 Å². The summed E-state index contributed by atoms with van der Waals surface area (Å²) in [6, 6.07) is 19.6. The van der Waals surface area contributed by atoms with Crippen molar-refractivity contribution >= 4 is 11.8 Å². The van der Waals surface area contributed by atoms with E-state index in [1.807, 2.05) is 35.0 Å². The van der Waals surface area contributed by atoms with Crippen molar-refractivity contribution in [2.75, 3.05) is 0 Å². The van der Waals surface area contributed by atoms with E-state index in [0.29, 0.717) is 6.42 Å². The molecule has 4 aromatic rings. The predicted octanol–water partition coefficient (Wildman–Crippen LogP) is 4.08. The molecule has 8 nitrogen and oxygen atoms in total. The van der Waals surface area contributed by atoms with Crippen LogP contribution in [0.4, 0.5) is 0 Å². The third-order valence-electron chi connectivity index (χ3n) is 6.29. The lowest BCUT2D eigenvalue weighted by molar-refractivity contribution is -0.131. The van der Waals surface area contributed by atoms with Gasteiger partial charge in [-0.25, -0.2) is 4.68 Å². The second-order valence-corrected chi connectivity index (χ2v) is 10.4. The van der Waals surface area contributed by atoms with E-state index >= 15 is 0 Å². The van der Waals surface area contributed by atoms with Gasteiger partial charge in [0.15, 0.2) is 0 Å². The number of aryl methyl sites for hydroxylation is 1. The Morgan fingerprint density at radius 2 is 1.76 bits per heavy atom. The minimum absolute atomic E-state index is 0.0391. The molecule has 2 amide bonds. The van der Waals surface area contributed by atoms with Crippen LogP contribution in [0.1, 0.15) is 44.0 Å². The molecule has 4 N–H and O–H groups in total. The van der Waals surface area contributed by atoms with E-state index in [9.17, 15) is 14.7 Å². The fourth-order valence-corrected chi connectivity index (χ4v) is 4.08. The number of hydrogen-bond donors (Lipinski definition) is 3. The maximum absolute atomic E-state index is 12.5. The Morgan fingerprint density at radius 3 is 2.39 bits per heavy atom. The SMILES string of the molecule is CC(C)(C)c1ccc(-n2nc(CCC(=O)NC(=O)C(N)Cc3ccc(O)cc3)cc2-c2cccnc2)cc1. The zero-order valence-corrected chi connectivity index (χ0v) is 21.9. The lowest BCUT2D eigenvalue weighted by atomic mass is 9.87. The van der Waals surface area contributed by atoms with Gasteiger partial charge in [0.25, 0.3) is 0 Å². The molecule has 0 bridgehead atoms. The standard InChI is InChI=1S/C30H33N5O3/c1-30(2,3)22-8-11-24(12-9-22)35-27(21-5-4-16-32-19-21)18-23(34-35)10-15-28(37)33-29(38)26(31)17-20-6-13-25(36)14-7-20/h4-9,11-14,16,18-19,26,36H,10,15,17,31H2,1-3H3,(H,33,37,38). The number of phenols is 1.